The van der Waals surface area contributed by atoms with Crippen LogP contribution < -0.4 is 20.5 Å². The number of nitrogens with one attached hydrogen (secondary N) is 1. The summed E-state index contributed by atoms with van der Waals surface area (Å²) in [5.41, 5.74) is 7.52. The van der Waals surface area contributed by atoms with Crippen molar-refractivity contribution in [1.29, 1.82) is 0 Å². The summed E-state index contributed by atoms with van der Waals surface area (Å²) < 4.78 is 15.6. The third-order valence-corrected chi connectivity index (χ3v) is 3.13. The van der Waals surface area contributed by atoms with Crippen molar-refractivity contribution in [3.8, 4) is 11.5 Å². The lowest BCUT2D eigenvalue weighted by molar-refractivity contribution is -0.123. The number of nitrogens with two attached hydrogens (primary N) is 1. The fourth-order valence-electron chi connectivity index (χ4n) is 2.09. The quantitative estimate of drug-likeness (QED) is 0.662. The number of hydrogen-bond donors (Lipinski definition) is 2. The van der Waals surface area contributed by atoms with Crippen LogP contribution in [0.5, 0.6) is 11.5 Å². The summed E-state index contributed by atoms with van der Waals surface area (Å²) in [6.45, 7) is 4.27. The number of rotatable bonds is 9. The first-order chi connectivity index (χ1) is 10.6. The third-order valence-electron chi connectivity index (χ3n) is 3.13. The molecule has 0 saturated carbocycles. The van der Waals surface area contributed by atoms with E-state index in [0.717, 1.165) is 11.1 Å². The Balaban J connectivity index is 0.00000484. The maximum Gasteiger partial charge on any atom is 0.239 e. The number of carbonyl (C=O) groups excluding carboxylic acids is 1. The zero-order chi connectivity index (χ0) is 16.5. The Kier molecular flexibility index (Phi) is 10.0. The Morgan fingerprint density at radius 2 is 2.04 bits per heavy atom. The maximum absolute atomic E-state index is 11.8. The highest BCUT2D eigenvalue weighted by Gasteiger charge is 2.15. The molecule has 0 aliphatic rings. The molecule has 0 spiro atoms. The summed E-state index contributed by atoms with van der Waals surface area (Å²) in [5, 5.41) is 2.78. The SMILES string of the molecule is C=CCc1cc(CNC(=O)C(N)COC)cc(OC)c1OC.Cl. The van der Waals surface area contributed by atoms with E-state index in [0.29, 0.717) is 24.5 Å². The molecule has 0 bridgehead atoms. The molecule has 0 saturated heterocycles. The van der Waals surface area contributed by atoms with E-state index in [-0.39, 0.29) is 24.9 Å². The lowest BCUT2D eigenvalue weighted by Crippen LogP contribution is -2.43. The lowest BCUT2D eigenvalue weighted by atomic mass is 10.1. The van der Waals surface area contributed by atoms with Gasteiger partial charge in [-0.25, -0.2) is 0 Å². The van der Waals surface area contributed by atoms with Crippen LogP contribution in [0, 0.1) is 0 Å². The molecule has 0 aliphatic carbocycles. The topological polar surface area (TPSA) is 82.8 Å². The molecule has 0 radical (unpaired) electrons. The van der Waals surface area contributed by atoms with Crippen molar-refractivity contribution >= 4 is 18.3 Å². The van der Waals surface area contributed by atoms with E-state index in [4.69, 9.17) is 19.9 Å². The summed E-state index contributed by atoms with van der Waals surface area (Å²) in [6.07, 6.45) is 2.43. The van der Waals surface area contributed by atoms with Gasteiger partial charge in [0.05, 0.1) is 20.8 Å². The number of allylic oxidation sites excluding steroid dienone is 1. The Labute approximate surface area is 143 Å². The smallest absolute Gasteiger partial charge is 0.239 e. The third kappa shape index (κ3) is 6.09. The molecular formula is C16H25ClN2O4. The summed E-state index contributed by atoms with van der Waals surface area (Å²) in [4.78, 5) is 11.8. The number of amides is 1. The zero-order valence-electron chi connectivity index (χ0n) is 13.8. The molecule has 1 aromatic rings. The van der Waals surface area contributed by atoms with Crippen LogP contribution >= 0.6 is 12.4 Å². The van der Waals surface area contributed by atoms with Crippen molar-refractivity contribution in [2.24, 2.45) is 5.73 Å². The van der Waals surface area contributed by atoms with E-state index >= 15 is 0 Å². The molecule has 6 nitrogen and oxygen atoms in total. The van der Waals surface area contributed by atoms with E-state index in [9.17, 15) is 4.79 Å². The van der Waals surface area contributed by atoms with Crippen LogP contribution in [0.25, 0.3) is 0 Å². The van der Waals surface area contributed by atoms with Crippen LogP contribution in [-0.4, -0.2) is 39.9 Å². The summed E-state index contributed by atoms with van der Waals surface area (Å²) >= 11 is 0. The molecule has 7 heteroatoms. The minimum absolute atomic E-state index is 0. The van der Waals surface area contributed by atoms with E-state index in [1.807, 2.05) is 12.1 Å². The minimum Gasteiger partial charge on any atom is -0.493 e. The molecule has 1 unspecified atom stereocenters. The van der Waals surface area contributed by atoms with Crippen LogP contribution in [0.1, 0.15) is 11.1 Å². The maximum atomic E-state index is 11.8. The average molecular weight is 345 g/mol. The fraction of sp³-hybridized carbons (Fsp3) is 0.438. The van der Waals surface area contributed by atoms with Gasteiger partial charge in [0.2, 0.25) is 5.91 Å². The molecule has 1 rings (SSSR count). The van der Waals surface area contributed by atoms with Crippen molar-refractivity contribution in [2.75, 3.05) is 27.9 Å². The van der Waals surface area contributed by atoms with Crippen molar-refractivity contribution in [1.82, 2.24) is 5.32 Å². The highest BCUT2D eigenvalue weighted by molar-refractivity contribution is 5.85. The summed E-state index contributed by atoms with van der Waals surface area (Å²) in [6, 6.07) is 3.09. The molecule has 1 atom stereocenters. The molecule has 23 heavy (non-hydrogen) atoms. The van der Waals surface area contributed by atoms with E-state index in [1.54, 1.807) is 20.3 Å². The first-order valence-electron chi connectivity index (χ1n) is 6.94. The van der Waals surface area contributed by atoms with Gasteiger partial charge in [0.25, 0.3) is 0 Å². The molecule has 0 heterocycles. The highest BCUT2D eigenvalue weighted by Crippen LogP contribution is 2.33. The van der Waals surface area contributed by atoms with Crippen LogP contribution in [0.2, 0.25) is 0 Å². The van der Waals surface area contributed by atoms with Gasteiger partial charge in [-0.05, 0) is 24.1 Å². The number of ether oxygens (including phenoxy) is 3. The molecule has 130 valence electrons. The molecule has 3 N–H and O–H groups in total. The van der Waals surface area contributed by atoms with Crippen molar-refractivity contribution < 1.29 is 19.0 Å². The Morgan fingerprint density at radius 1 is 1.35 bits per heavy atom. The molecule has 0 aliphatic heterocycles. The number of methoxy groups -OCH3 is 3. The number of carbonyl (C=O) groups is 1. The number of hydrogen-bond acceptors (Lipinski definition) is 5. The Bertz CT molecular complexity index is 523. The van der Waals surface area contributed by atoms with Gasteiger partial charge in [-0.2, -0.15) is 0 Å². The zero-order valence-corrected chi connectivity index (χ0v) is 14.6. The highest BCUT2D eigenvalue weighted by atomic mass is 35.5. The first-order valence-corrected chi connectivity index (χ1v) is 6.94. The van der Waals surface area contributed by atoms with Gasteiger partial charge in [-0.3, -0.25) is 4.79 Å². The van der Waals surface area contributed by atoms with Gasteiger partial charge in [-0.1, -0.05) is 6.08 Å². The summed E-state index contributed by atoms with van der Waals surface area (Å²) in [7, 11) is 4.67. The second-order valence-electron chi connectivity index (χ2n) is 4.76. The Hall–Kier alpha value is -1.76. The second-order valence-corrected chi connectivity index (χ2v) is 4.76. The molecular weight excluding hydrogens is 320 g/mol. The van der Waals surface area contributed by atoms with Crippen molar-refractivity contribution in [3.63, 3.8) is 0 Å². The van der Waals surface area contributed by atoms with Gasteiger partial charge >= 0.3 is 0 Å². The summed E-state index contributed by atoms with van der Waals surface area (Å²) in [5.74, 6) is 1.03. The van der Waals surface area contributed by atoms with E-state index < -0.39 is 6.04 Å². The van der Waals surface area contributed by atoms with Crippen LogP contribution in [-0.2, 0) is 22.5 Å². The number of benzene rings is 1. The standard InChI is InChI=1S/C16H24N2O4.ClH/c1-5-6-12-7-11(8-14(21-3)15(12)22-4)9-18-16(19)13(17)10-20-2;/h5,7-8,13H,1,6,9-10,17H2,2-4H3,(H,18,19);1H. The van der Waals surface area contributed by atoms with Gasteiger partial charge < -0.3 is 25.3 Å². The van der Waals surface area contributed by atoms with Gasteiger partial charge in [0.1, 0.15) is 6.04 Å². The second kappa shape index (κ2) is 10.9. The van der Waals surface area contributed by atoms with Crippen LogP contribution in [0.15, 0.2) is 24.8 Å². The van der Waals surface area contributed by atoms with Gasteiger partial charge in [0.15, 0.2) is 11.5 Å². The number of halogens is 1. The van der Waals surface area contributed by atoms with Crippen molar-refractivity contribution in [3.05, 3.63) is 35.9 Å². The average Bonchev–Trinajstić information content (AvgIpc) is 2.52. The van der Waals surface area contributed by atoms with Crippen molar-refractivity contribution in [2.45, 2.75) is 19.0 Å². The lowest BCUT2D eigenvalue weighted by Gasteiger charge is -2.16. The van der Waals surface area contributed by atoms with Gasteiger partial charge in [0, 0.05) is 19.2 Å². The molecule has 1 amide bonds. The van der Waals surface area contributed by atoms with E-state index in [2.05, 4.69) is 11.9 Å². The Morgan fingerprint density at radius 3 is 2.57 bits per heavy atom. The monoisotopic (exact) mass is 344 g/mol. The molecule has 0 aromatic heterocycles. The molecule has 1 aromatic carbocycles. The van der Waals surface area contributed by atoms with Crippen LogP contribution in [0.3, 0.4) is 0 Å². The molecule has 0 fully saturated rings. The van der Waals surface area contributed by atoms with Crippen LogP contribution in [0.4, 0.5) is 0 Å². The largest absolute Gasteiger partial charge is 0.493 e. The predicted octanol–water partition coefficient (Wildman–Crippen LogP) is 1.44. The predicted molar refractivity (Wildman–Crippen MR) is 92.4 cm³/mol. The minimum atomic E-state index is -0.683. The first kappa shape index (κ1) is 21.2. The fourth-order valence-corrected chi connectivity index (χ4v) is 2.09. The van der Waals surface area contributed by atoms with E-state index in [1.165, 1.54) is 7.11 Å². The van der Waals surface area contributed by atoms with Gasteiger partial charge in [-0.15, -0.1) is 19.0 Å². The normalized spacial score (nSPS) is 11.1.